The van der Waals surface area contributed by atoms with E-state index in [1.807, 2.05) is 0 Å². The summed E-state index contributed by atoms with van der Waals surface area (Å²) >= 11 is 5.87. The molecule has 0 saturated carbocycles. The van der Waals surface area contributed by atoms with Crippen molar-refractivity contribution < 1.29 is 9.47 Å². The molecule has 1 aliphatic rings. The van der Waals surface area contributed by atoms with Crippen molar-refractivity contribution in [3.8, 4) is 5.75 Å². The lowest BCUT2D eigenvalue weighted by Gasteiger charge is -2.23. The van der Waals surface area contributed by atoms with Crippen molar-refractivity contribution in [1.82, 2.24) is 0 Å². The lowest BCUT2D eigenvalue weighted by molar-refractivity contribution is 0.0495. The molecule has 0 amide bonds. The van der Waals surface area contributed by atoms with Crippen LogP contribution in [-0.2, 0) is 10.6 Å². The minimum absolute atomic E-state index is 0.557. The van der Waals surface area contributed by atoms with Crippen LogP contribution in [-0.4, -0.2) is 19.8 Å². The summed E-state index contributed by atoms with van der Waals surface area (Å²) < 4.78 is 11.4. The van der Waals surface area contributed by atoms with E-state index in [1.165, 1.54) is 11.1 Å². The predicted octanol–water partition coefficient (Wildman–Crippen LogP) is 3.85. The molecule has 1 aromatic carbocycles. The van der Waals surface area contributed by atoms with Gasteiger partial charge in [0.25, 0.3) is 0 Å². The zero-order valence-corrected chi connectivity index (χ0v) is 11.9. The van der Waals surface area contributed by atoms with E-state index in [4.69, 9.17) is 21.1 Å². The Morgan fingerprint density at radius 2 is 1.83 bits per heavy atom. The predicted molar refractivity (Wildman–Crippen MR) is 74.5 cm³/mol. The summed E-state index contributed by atoms with van der Waals surface area (Å²) in [5.41, 5.74) is 3.51. The second-order valence-corrected chi connectivity index (χ2v) is 5.33. The standard InChI is InChI=1S/C15H21ClO2/c1-11-7-14(9-16)8-12(2)15(11)18-10-13-3-5-17-6-4-13/h7-8,13H,3-6,9-10H2,1-2H3. The highest BCUT2D eigenvalue weighted by Gasteiger charge is 2.15. The lowest BCUT2D eigenvalue weighted by Crippen LogP contribution is -2.21. The van der Waals surface area contributed by atoms with E-state index in [0.29, 0.717) is 11.8 Å². The molecule has 2 nitrogen and oxygen atoms in total. The van der Waals surface area contributed by atoms with Crippen molar-refractivity contribution in [1.29, 1.82) is 0 Å². The average Bonchev–Trinajstić information content (AvgIpc) is 2.38. The highest BCUT2D eigenvalue weighted by molar-refractivity contribution is 6.17. The molecule has 0 radical (unpaired) electrons. The fourth-order valence-electron chi connectivity index (χ4n) is 2.46. The number of hydrogen-bond donors (Lipinski definition) is 0. The summed E-state index contributed by atoms with van der Waals surface area (Å²) in [7, 11) is 0. The maximum atomic E-state index is 6.01. The van der Waals surface area contributed by atoms with E-state index in [2.05, 4.69) is 26.0 Å². The van der Waals surface area contributed by atoms with Gasteiger partial charge in [-0.1, -0.05) is 12.1 Å². The summed E-state index contributed by atoms with van der Waals surface area (Å²) in [4.78, 5) is 0. The highest BCUT2D eigenvalue weighted by atomic mass is 35.5. The smallest absolute Gasteiger partial charge is 0.125 e. The molecule has 2 rings (SSSR count). The molecule has 0 aromatic heterocycles. The summed E-state index contributed by atoms with van der Waals surface area (Å²) in [5.74, 6) is 2.21. The Kier molecular flexibility index (Phi) is 4.90. The number of rotatable bonds is 4. The van der Waals surface area contributed by atoms with Crippen LogP contribution in [0.5, 0.6) is 5.75 Å². The first-order chi connectivity index (χ1) is 8.70. The van der Waals surface area contributed by atoms with Crippen molar-refractivity contribution in [2.24, 2.45) is 5.92 Å². The van der Waals surface area contributed by atoms with Crippen LogP contribution >= 0.6 is 11.6 Å². The topological polar surface area (TPSA) is 18.5 Å². The van der Waals surface area contributed by atoms with E-state index >= 15 is 0 Å². The molecule has 1 saturated heterocycles. The molecule has 3 heteroatoms. The van der Waals surface area contributed by atoms with E-state index in [1.54, 1.807) is 0 Å². The number of hydrogen-bond acceptors (Lipinski definition) is 2. The van der Waals surface area contributed by atoms with Gasteiger partial charge in [0.05, 0.1) is 6.61 Å². The SMILES string of the molecule is Cc1cc(CCl)cc(C)c1OCC1CCOCC1. The monoisotopic (exact) mass is 268 g/mol. The van der Waals surface area contributed by atoms with E-state index in [-0.39, 0.29) is 0 Å². The second-order valence-electron chi connectivity index (χ2n) is 5.06. The Labute approximate surface area is 114 Å². The minimum Gasteiger partial charge on any atom is -0.493 e. The Balaban J connectivity index is 2.00. The maximum absolute atomic E-state index is 6.01. The van der Waals surface area contributed by atoms with E-state index < -0.39 is 0 Å². The first-order valence-corrected chi connectivity index (χ1v) is 7.10. The summed E-state index contributed by atoms with van der Waals surface area (Å²) in [5, 5.41) is 0. The van der Waals surface area contributed by atoms with Gasteiger partial charge >= 0.3 is 0 Å². The molecule has 0 unspecified atom stereocenters. The van der Waals surface area contributed by atoms with Gasteiger partial charge < -0.3 is 9.47 Å². The molecule has 1 aromatic rings. The molecule has 1 heterocycles. The summed E-state index contributed by atoms with van der Waals surface area (Å²) in [6.45, 7) is 6.71. The van der Waals surface area contributed by atoms with Crippen LogP contribution in [0.2, 0.25) is 0 Å². The number of aryl methyl sites for hydroxylation is 2. The number of benzene rings is 1. The lowest BCUT2D eigenvalue weighted by atomic mass is 10.0. The molecule has 1 aliphatic heterocycles. The van der Waals surface area contributed by atoms with Gasteiger partial charge in [0.2, 0.25) is 0 Å². The Morgan fingerprint density at radius 1 is 1.22 bits per heavy atom. The Bertz CT molecular complexity index is 374. The van der Waals surface area contributed by atoms with Crippen molar-refractivity contribution in [3.63, 3.8) is 0 Å². The third-order valence-electron chi connectivity index (χ3n) is 3.48. The fourth-order valence-corrected chi connectivity index (χ4v) is 2.61. The van der Waals surface area contributed by atoms with Gasteiger partial charge in [-0.2, -0.15) is 0 Å². The minimum atomic E-state index is 0.557. The maximum Gasteiger partial charge on any atom is 0.125 e. The van der Waals surface area contributed by atoms with Crippen molar-refractivity contribution in [2.45, 2.75) is 32.6 Å². The quantitative estimate of drug-likeness (QED) is 0.773. The average molecular weight is 269 g/mol. The number of alkyl halides is 1. The molecular weight excluding hydrogens is 248 g/mol. The first kappa shape index (κ1) is 13.7. The normalized spacial score (nSPS) is 16.8. The van der Waals surface area contributed by atoms with E-state index in [0.717, 1.165) is 44.0 Å². The molecule has 100 valence electrons. The molecule has 1 fully saturated rings. The molecule has 0 N–H and O–H groups in total. The van der Waals surface area contributed by atoms with Gasteiger partial charge in [-0.25, -0.2) is 0 Å². The van der Waals surface area contributed by atoms with Crippen molar-refractivity contribution >= 4 is 11.6 Å². The third-order valence-corrected chi connectivity index (χ3v) is 3.79. The second kappa shape index (κ2) is 6.44. The largest absolute Gasteiger partial charge is 0.493 e. The Hall–Kier alpha value is -0.730. The summed E-state index contributed by atoms with van der Waals surface area (Å²) in [6, 6.07) is 4.22. The van der Waals surface area contributed by atoms with Crippen LogP contribution in [0.1, 0.15) is 29.5 Å². The van der Waals surface area contributed by atoms with Gasteiger partial charge in [0.15, 0.2) is 0 Å². The van der Waals surface area contributed by atoms with Gasteiger partial charge in [-0.05, 0) is 49.3 Å². The van der Waals surface area contributed by atoms with Crippen LogP contribution in [0, 0.1) is 19.8 Å². The molecule has 0 aliphatic carbocycles. The number of ether oxygens (including phenoxy) is 2. The van der Waals surface area contributed by atoms with Crippen molar-refractivity contribution in [2.75, 3.05) is 19.8 Å². The highest BCUT2D eigenvalue weighted by Crippen LogP contribution is 2.27. The molecular formula is C15H21ClO2. The molecule has 0 bridgehead atoms. The first-order valence-electron chi connectivity index (χ1n) is 6.57. The van der Waals surface area contributed by atoms with Crippen molar-refractivity contribution in [3.05, 3.63) is 28.8 Å². The zero-order chi connectivity index (χ0) is 13.0. The zero-order valence-electron chi connectivity index (χ0n) is 11.2. The van der Waals surface area contributed by atoms with Gasteiger partial charge in [-0.15, -0.1) is 11.6 Å². The molecule has 0 atom stereocenters. The van der Waals surface area contributed by atoms with Gasteiger partial charge in [-0.3, -0.25) is 0 Å². The molecule has 18 heavy (non-hydrogen) atoms. The molecule has 0 spiro atoms. The fraction of sp³-hybridized carbons (Fsp3) is 0.600. The third kappa shape index (κ3) is 3.39. The van der Waals surface area contributed by atoms with Crippen LogP contribution in [0.3, 0.4) is 0 Å². The van der Waals surface area contributed by atoms with Crippen LogP contribution in [0.4, 0.5) is 0 Å². The van der Waals surface area contributed by atoms with E-state index in [9.17, 15) is 0 Å². The van der Waals surface area contributed by atoms with Gasteiger partial charge in [0, 0.05) is 19.1 Å². The van der Waals surface area contributed by atoms with Crippen LogP contribution in [0.25, 0.3) is 0 Å². The number of halogens is 1. The van der Waals surface area contributed by atoms with Gasteiger partial charge in [0.1, 0.15) is 5.75 Å². The van der Waals surface area contributed by atoms with Crippen LogP contribution in [0.15, 0.2) is 12.1 Å². The Morgan fingerprint density at radius 3 is 2.39 bits per heavy atom. The van der Waals surface area contributed by atoms with Crippen LogP contribution < -0.4 is 4.74 Å². The summed E-state index contributed by atoms with van der Waals surface area (Å²) in [6.07, 6.45) is 2.22.